The van der Waals surface area contributed by atoms with Crippen LogP contribution in [0.4, 0.5) is 5.69 Å². The molecule has 1 aliphatic heterocycles. The van der Waals surface area contributed by atoms with Gasteiger partial charge in [-0.3, -0.25) is 0 Å². The monoisotopic (exact) mass is 455 g/mol. The van der Waals surface area contributed by atoms with E-state index in [1.807, 2.05) is 30.3 Å². The predicted molar refractivity (Wildman–Crippen MR) is 120 cm³/mol. The number of esters is 1. The molecule has 1 aromatic heterocycles. The number of rotatable bonds is 7. The smallest absolute Gasteiger partial charge is 0.340 e. The van der Waals surface area contributed by atoms with Gasteiger partial charge in [-0.05, 0) is 43.2 Å². The van der Waals surface area contributed by atoms with Crippen LogP contribution < -0.4 is 4.90 Å². The molecule has 1 aliphatic rings. The number of hydrogen-bond donors (Lipinski definition) is 0. The summed E-state index contributed by atoms with van der Waals surface area (Å²) in [4.78, 5) is 19.5. The second-order valence-electron chi connectivity index (χ2n) is 7.75. The van der Waals surface area contributed by atoms with Gasteiger partial charge in [-0.1, -0.05) is 18.2 Å². The maximum atomic E-state index is 13.0. The minimum Gasteiger partial charge on any atom is -0.455 e. The van der Waals surface area contributed by atoms with Crippen LogP contribution in [0.25, 0.3) is 11.5 Å². The maximum Gasteiger partial charge on any atom is 0.340 e. The Bertz CT molecular complexity index is 1200. The van der Waals surface area contributed by atoms with Crippen LogP contribution in [-0.4, -0.2) is 50.9 Å². The van der Waals surface area contributed by atoms with Crippen molar-refractivity contribution in [1.82, 2.24) is 9.29 Å². The highest BCUT2D eigenvalue weighted by atomic mass is 32.2. The Morgan fingerprint density at radius 1 is 1.12 bits per heavy atom. The van der Waals surface area contributed by atoms with Gasteiger partial charge in [0, 0.05) is 32.7 Å². The van der Waals surface area contributed by atoms with Crippen molar-refractivity contribution in [3.8, 4) is 11.5 Å². The average molecular weight is 456 g/mol. The first kappa shape index (κ1) is 22.0. The third-order valence-electron chi connectivity index (χ3n) is 5.34. The number of hydrogen-bond acceptors (Lipinski definition) is 7. The molecule has 0 spiro atoms. The van der Waals surface area contributed by atoms with Gasteiger partial charge in [-0.2, -0.15) is 0 Å². The highest BCUT2D eigenvalue weighted by molar-refractivity contribution is 7.89. The van der Waals surface area contributed by atoms with Crippen molar-refractivity contribution < 1.29 is 22.4 Å². The van der Waals surface area contributed by atoms with Gasteiger partial charge in [0.15, 0.2) is 0 Å². The molecule has 4 rings (SSSR count). The fourth-order valence-corrected chi connectivity index (χ4v) is 4.52. The van der Waals surface area contributed by atoms with Gasteiger partial charge >= 0.3 is 5.97 Å². The van der Waals surface area contributed by atoms with Crippen LogP contribution in [0.15, 0.2) is 64.1 Å². The Morgan fingerprint density at radius 2 is 1.84 bits per heavy atom. The van der Waals surface area contributed by atoms with Crippen LogP contribution in [0.1, 0.15) is 28.9 Å². The van der Waals surface area contributed by atoms with E-state index < -0.39 is 16.0 Å². The van der Waals surface area contributed by atoms with Crippen molar-refractivity contribution in [2.24, 2.45) is 0 Å². The summed E-state index contributed by atoms with van der Waals surface area (Å²) in [5, 5.41) is 0. The molecule has 0 N–H and O–H groups in total. The summed E-state index contributed by atoms with van der Waals surface area (Å²) >= 11 is 0. The van der Waals surface area contributed by atoms with Gasteiger partial charge in [0.25, 0.3) is 0 Å². The summed E-state index contributed by atoms with van der Waals surface area (Å²) in [5.41, 5.74) is 2.19. The molecule has 1 fully saturated rings. The lowest BCUT2D eigenvalue weighted by Crippen LogP contribution is -2.24. The number of anilines is 1. The van der Waals surface area contributed by atoms with Crippen LogP contribution in [0.5, 0.6) is 0 Å². The molecule has 1 saturated heterocycles. The SMILES string of the molecule is CN(C)S(=O)(=O)c1ccc(N2CCCC2)c(C(=O)OCc2coc(-c3ccccc3)n2)c1. The molecule has 0 unspecified atom stereocenters. The molecule has 0 amide bonds. The van der Waals surface area contributed by atoms with Gasteiger partial charge < -0.3 is 14.1 Å². The zero-order valence-corrected chi connectivity index (χ0v) is 18.8. The molecule has 2 aromatic carbocycles. The van der Waals surface area contributed by atoms with E-state index in [1.165, 1.54) is 32.5 Å². The number of nitrogens with zero attached hydrogens (tertiary/aromatic N) is 3. The summed E-state index contributed by atoms with van der Waals surface area (Å²) in [6, 6.07) is 14.0. The van der Waals surface area contributed by atoms with E-state index in [-0.39, 0.29) is 17.1 Å². The molecular weight excluding hydrogens is 430 g/mol. The van der Waals surface area contributed by atoms with Crippen LogP contribution in [-0.2, 0) is 21.4 Å². The summed E-state index contributed by atoms with van der Waals surface area (Å²) in [6.45, 7) is 1.53. The van der Waals surface area contributed by atoms with E-state index in [0.717, 1.165) is 35.8 Å². The summed E-state index contributed by atoms with van der Waals surface area (Å²) in [5.74, 6) is -0.166. The van der Waals surface area contributed by atoms with E-state index in [1.54, 1.807) is 6.07 Å². The van der Waals surface area contributed by atoms with E-state index in [0.29, 0.717) is 17.3 Å². The molecule has 0 atom stereocenters. The molecule has 168 valence electrons. The first-order valence-electron chi connectivity index (χ1n) is 10.3. The fraction of sp³-hybridized carbons (Fsp3) is 0.304. The molecule has 0 aliphatic carbocycles. The van der Waals surface area contributed by atoms with Gasteiger partial charge in [0.2, 0.25) is 15.9 Å². The number of carbonyl (C=O) groups is 1. The Hall–Kier alpha value is -3.17. The largest absolute Gasteiger partial charge is 0.455 e. The van der Waals surface area contributed by atoms with Crippen molar-refractivity contribution in [1.29, 1.82) is 0 Å². The number of benzene rings is 2. The molecule has 2 heterocycles. The second-order valence-corrected chi connectivity index (χ2v) is 9.90. The van der Waals surface area contributed by atoms with Crippen molar-refractivity contribution >= 4 is 21.7 Å². The third kappa shape index (κ3) is 4.53. The van der Waals surface area contributed by atoms with E-state index in [2.05, 4.69) is 9.88 Å². The molecule has 0 saturated carbocycles. The third-order valence-corrected chi connectivity index (χ3v) is 7.15. The normalized spacial score (nSPS) is 14.2. The topological polar surface area (TPSA) is 93.0 Å². The highest BCUT2D eigenvalue weighted by Crippen LogP contribution is 2.29. The molecule has 32 heavy (non-hydrogen) atoms. The fourth-order valence-electron chi connectivity index (χ4n) is 3.59. The van der Waals surface area contributed by atoms with Gasteiger partial charge in [0.05, 0.1) is 16.1 Å². The minimum atomic E-state index is -3.69. The Morgan fingerprint density at radius 3 is 2.53 bits per heavy atom. The molecule has 8 nitrogen and oxygen atoms in total. The van der Waals surface area contributed by atoms with Crippen LogP contribution in [0.3, 0.4) is 0 Å². The molecular formula is C23H25N3O5S. The Balaban J connectivity index is 1.57. The molecule has 9 heteroatoms. The van der Waals surface area contributed by atoms with E-state index in [4.69, 9.17) is 9.15 Å². The van der Waals surface area contributed by atoms with Crippen molar-refractivity contribution in [3.63, 3.8) is 0 Å². The second kappa shape index (κ2) is 9.13. The minimum absolute atomic E-state index is 0.0465. The van der Waals surface area contributed by atoms with Crippen LogP contribution in [0, 0.1) is 0 Å². The quantitative estimate of drug-likeness (QED) is 0.503. The summed E-state index contributed by atoms with van der Waals surface area (Å²) < 4.78 is 37.3. The van der Waals surface area contributed by atoms with Crippen LogP contribution >= 0.6 is 0 Å². The number of carbonyl (C=O) groups excluding carboxylic acids is 1. The van der Waals surface area contributed by atoms with Crippen molar-refractivity contribution in [3.05, 3.63) is 66.1 Å². The number of oxazole rings is 1. The zero-order chi connectivity index (χ0) is 22.7. The average Bonchev–Trinajstić information content (AvgIpc) is 3.50. The summed E-state index contributed by atoms with van der Waals surface area (Å²) in [7, 11) is -0.778. The van der Waals surface area contributed by atoms with E-state index in [9.17, 15) is 13.2 Å². The van der Waals surface area contributed by atoms with Gasteiger partial charge in [0.1, 0.15) is 18.6 Å². The maximum absolute atomic E-state index is 13.0. The lowest BCUT2D eigenvalue weighted by molar-refractivity contribution is 0.0468. The standard InChI is InChI=1S/C23H25N3O5S/c1-25(2)32(28,29)19-10-11-21(26-12-6-7-13-26)20(14-19)23(27)31-16-18-15-30-22(24-18)17-8-4-3-5-9-17/h3-5,8-11,14-15H,6-7,12-13,16H2,1-2H3. The summed E-state index contributed by atoms with van der Waals surface area (Å²) in [6.07, 6.45) is 3.49. The first-order chi connectivity index (χ1) is 15.4. The van der Waals surface area contributed by atoms with Crippen molar-refractivity contribution in [2.45, 2.75) is 24.3 Å². The predicted octanol–water partition coefficient (Wildman–Crippen LogP) is 3.55. The number of sulfonamides is 1. The zero-order valence-electron chi connectivity index (χ0n) is 18.0. The number of ether oxygens (including phenoxy) is 1. The number of aromatic nitrogens is 1. The molecule has 0 radical (unpaired) electrons. The van der Waals surface area contributed by atoms with Gasteiger partial charge in [-0.15, -0.1) is 0 Å². The molecule has 0 bridgehead atoms. The lowest BCUT2D eigenvalue weighted by atomic mass is 10.1. The Labute approximate surface area is 187 Å². The molecule has 3 aromatic rings. The Kier molecular flexibility index (Phi) is 6.29. The van der Waals surface area contributed by atoms with E-state index >= 15 is 0 Å². The lowest BCUT2D eigenvalue weighted by Gasteiger charge is -2.22. The van der Waals surface area contributed by atoms with Gasteiger partial charge in [-0.25, -0.2) is 22.5 Å². The van der Waals surface area contributed by atoms with Crippen molar-refractivity contribution in [2.75, 3.05) is 32.1 Å². The first-order valence-corrected chi connectivity index (χ1v) is 11.8. The highest BCUT2D eigenvalue weighted by Gasteiger charge is 2.25. The van der Waals surface area contributed by atoms with Crippen LogP contribution in [0.2, 0.25) is 0 Å².